The Bertz CT molecular complexity index is 3390. The molecule has 3 aromatic rings. The predicted octanol–water partition coefficient (Wildman–Crippen LogP) is 7.90. The molecule has 1 aliphatic heterocycles. The van der Waals surface area contributed by atoms with E-state index < -0.39 is 156 Å². The zero-order valence-corrected chi connectivity index (χ0v) is 69.0. The average Bonchev–Trinajstić information content (AvgIpc) is 0.921. The summed E-state index contributed by atoms with van der Waals surface area (Å²) in [4.78, 5) is 170. The first-order valence-electron chi connectivity index (χ1n) is 37.8. The number of ether oxygens (including phenoxy) is 1. The molecule has 2 aromatic carbocycles. The van der Waals surface area contributed by atoms with Crippen molar-refractivity contribution in [3.63, 3.8) is 0 Å². The summed E-state index contributed by atoms with van der Waals surface area (Å²) in [7, 11) is 11.9. The summed E-state index contributed by atoms with van der Waals surface area (Å²) in [5.74, 6) is -8.75. The Morgan fingerprint density at radius 1 is 0.538 bits per heavy atom. The number of nitrogens with one attached hydrogen (secondary N) is 5. The monoisotopic (exact) mass is 1500 g/mol. The molecule has 594 valence electrons. The van der Waals surface area contributed by atoms with Gasteiger partial charge in [0.1, 0.15) is 72.3 Å². The maximum atomic E-state index is 15.1. The van der Waals surface area contributed by atoms with E-state index in [1.54, 1.807) is 65.9 Å². The first-order valence-corrected chi connectivity index (χ1v) is 38.6. The normalized spacial score (nSPS) is 24.0. The standard InChI is InChI=1S/C62H111N11O12.C18H19NOS/c1-25-27-28-40(15)52(75)51-56(79)65-43(26-2)58(81)67(18)33-48(74)68(19)44(29-34(3)4)55(78)66-49(38(11)12)61(84)69(20)45(30-35(5)6)54(77)63-41(16)53(76)64-42(17)57(80)70(21)46(31-36(7)8)59(82)71(22)47(32-37(9)10)60(83)72(23)50(39(13)14)62(85)73(51)24;1-19-12-11-17(18-10-5-13-21-18)20-16-9-4-7-14-6-2-3-8-15(14)16/h25,27,34-47,49-52,75H,26,28-33H2,1-24H3,(H,63,77)(H,64,76)(H,65,79)(H,66,78);2-10,13,17,19H,11-12H2,1H3/b27-25+;/t40-,41+,42-,43+,44+,45+,46+,47+,49+,50+,51+,52-;17-/m10/s1. The van der Waals surface area contributed by atoms with Crippen molar-refractivity contribution < 1.29 is 62.6 Å². The van der Waals surface area contributed by atoms with Crippen LogP contribution in [0.4, 0.5) is 0 Å². The number of carbonyl (C=O) groups is 11. The van der Waals surface area contributed by atoms with E-state index in [1.807, 2.05) is 68.5 Å². The van der Waals surface area contributed by atoms with Gasteiger partial charge in [-0.05, 0) is 137 Å². The lowest BCUT2D eigenvalue weighted by Crippen LogP contribution is -2.63. The number of aliphatic hydroxyl groups is 1. The van der Waals surface area contributed by atoms with Crippen LogP contribution in [0.1, 0.15) is 174 Å². The largest absolute Gasteiger partial charge is 0.484 e. The second-order valence-electron chi connectivity index (χ2n) is 31.1. The van der Waals surface area contributed by atoms with Gasteiger partial charge in [-0.1, -0.05) is 152 Å². The number of amides is 11. The Kier molecular flexibility index (Phi) is 38.1. The van der Waals surface area contributed by atoms with Crippen LogP contribution < -0.4 is 31.3 Å². The number of thiophene rings is 1. The minimum Gasteiger partial charge on any atom is -0.484 e. The summed E-state index contributed by atoms with van der Waals surface area (Å²) in [6, 6.07) is 6.50. The molecule has 25 nitrogen and oxygen atoms in total. The van der Waals surface area contributed by atoms with Gasteiger partial charge in [-0.2, -0.15) is 0 Å². The maximum absolute atomic E-state index is 15.1. The Labute approximate surface area is 636 Å². The SMILES string of the molecule is C/C=C/C[C@@H](C)[C@@H](O)[C@H]1C(=O)N[C@@H](CC)C(=O)N(C)CC(=O)N(C)[C@@H](CC(C)C)C(=O)N[C@@H](C(C)C)C(=O)N(C)[C@@H](CC(C)C)C(=O)N[C@@H](C)C(=O)N[C@H](C)C(=O)N(C)[C@@H](CC(C)C)C(=O)N(C)[C@@H](CC(C)C)C(=O)N(C)[C@@H](C(C)C)C(=O)N1C.CNCC[C@H](Oc1cccc2ccccc12)c1cccs1. The Morgan fingerprint density at radius 2 is 1.04 bits per heavy atom. The molecule has 0 radical (unpaired) electrons. The molecule has 0 aliphatic carbocycles. The van der Waals surface area contributed by atoms with Crippen molar-refractivity contribution in [1.82, 2.24) is 60.9 Å². The predicted molar refractivity (Wildman–Crippen MR) is 419 cm³/mol. The van der Waals surface area contributed by atoms with Crippen LogP contribution in [0, 0.1) is 41.4 Å². The van der Waals surface area contributed by atoms with Crippen molar-refractivity contribution in [2.75, 3.05) is 69.5 Å². The van der Waals surface area contributed by atoms with E-state index in [9.17, 15) is 48.3 Å². The van der Waals surface area contributed by atoms with Crippen LogP contribution in [0.25, 0.3) is 10.8 Å². The van der Waals surface area contributed by atoms with Gasteiger partial charge >= 0.3 is 0 Å². The van der Waals surface area contributed by atoms with E-state index in [1.165, 1.54) is 103 Å². The van der Waals surface area contributed by atoms with Crippen LogP contribution in [0.3, 0.4) is 0 Å². The summed E-state index contributed by atoms with van der Waals surface area (Å²) >= 11 is 1.75. The van der Waals surface area contributed by atoms with E-state index in [-0.39, 0.29) is 61.9 Å². The highest BCUT2D eigenvalue weighted by Crippen LogP contribution is 2.33. The third-order valence-electron chi connectivity index (χ3n) is 19.6. The quantitative estimate of drug-likeness (QED) is 0.0553. The number of benzene rings is 2. The van der Waals surface area contributed by atoms with Gasteiger partial charge in [-0.25, -0.2) is 0 Å². The number of hydrogen-bond acceptors (Lipinski definition) is 15. The summed E-state index contributed by atoms with van der Waals surface area (Å²) in [5, 5.41) is 30.8. The highest BCUT2D eigenvalue weighted by Gasteiger charge is 2.46. The lowest BCUT2D eigenvalue weighted by atomic mass is 9.91. The van der Waals surface area contributed by atoms with Gasteiger partial charge in [-0.3, -0.25) is 52.7 Å². The highest BCUT2D eigenvalue weighted by atomic mass is 32.1. The smallest absolute Gasteiger partial charge is 0.246 e. The molecule has 6 N–H and O–H groups in total. The van der Waals surface area contributed by atoms with Crippen LogP contribution in [-0.4, -0.2) is 240 Å². The summed E-state index contributed by atoms with van der Waals surface area (Å²) in [6.45, 7) is 30.3. The Hall–Kier alpha value is -7.97. The van der Waals surface area contributed by atoms with Crippen LogP contribution in [0.2, 0.25) is 0 Å². The summed E-state index contributed by atoms with van der Waals surface area (Å²) in [6.07, 6.45) is 4.10. The summed E-state index contributed by atoms with van der Waals surface area (Å²) in [5.41, 5.74) is 0. The molecule has 2 heterocycles. The molecule has 106 heavy (non-hydrogen) atoms. The molecule has 1 saturated heterocycles. The van der Waals surface area contributed by atoms with Crippen molar-refractivity contribution in [2.45, 2.75) is 235 Å². The number of allylic oxidation sites excluding steroid dienone is 2. The van der Waals surface area contributed by atoms with Gasteiger partial charge in [0, 0.05) is 66.0 Å². The molecule has 0 unspecified atom stereocenters. The lowest BCUT2D eigenvalue weighted by Gasteiger charge is -2.41. The fourth-order valence-electron chi connectivity index (χ4n) is 13.1. The number of fused-ring (bicyclic) bond motifs is 1. The van der Waals surface area contributed by atoms with Crippen molar-refractivity contribution in [1.29, 1.82) is 0 Å². The molecule has 0 saturated carbocycles. The molecule has 1 fully saturated rings. The molecular formula is C80H130N12O13S. The van der Waals surface area contributed by atoms with E-state index in [0.717, 1.165) is 28.5 Å². The van der Waals surface area contributed by atoms with Gasteiger partial charge in [0.05, 0.1) is 12.6 Å². The van der Waals surface area contributed by atoms with E-state index in [0.29, 0.717) is 6.42 Å². The molecule has 0 spiro atoms. The lowest BCUT2D eigenvalue weighted by molar-refractivity contribution is -0.157. The number of carbonyl (C=O) groups excluding carboxylic acids is 11. The van der Waals surface area contributed by atoms with Gasteiger partial charge in [0.25, 0.3) is 0 Å². The van der Waals surface area contributed by atoms with Crippen LogP contribution in [0.15, 0.2) is 72.1 Å². The van der Waals surface area contributed by atoms with Gasteiger partial charge < -0.3 is 70.7 Å². The van der Waals surface area contributed by atoms with Crippen molar-refractivity contribution in [2.24, 2.45) is 41.4 Å². The second kappa shape index (κ2) is 43.7. The zero-order chi connectivity index (χ0) is 80.5. The number of likely N-dealkylation sites (N-methyl/N-ethyl adjacent to an activating group) is 7. The highest BCUT2D eigenvalue weighted by molar-refractivity contribution is 7.10. The van der Waals surface area contributed by atoms with Crippen LogP contribution in [-0.2, 0) is 52.7 Å². The van der Waals surface area contributed by atoms with Crippen molar-refractivity contribution >= 4 is 87.1 Å². The first kappa shape index (κ1) is 92.2. The maximum Gasteiger partial charge on any atom is 0.246 e. The molecule has 26 heteroatoms. The fraction of sp³-hybridized carbons (Fsp3) is 0.662. The zero-order valence-electron chi connectivity index (χ0n) is 68.1. The van der Waals surface area contributed by atoms with Gasteiger partial charge in [-0.15, -0.1) is 11.3 Å². The number of aliphatic hydroxyl groups excluding tert-OH is 1. The Balaban J connectivity index is 0.00000117. The molecule has 4 rings (SSSR count). The average molecular weight is 1500 g/mol. The van der Waals surface area contributed by atoms with Gasteiger partial charge in [0.2, 0.25) is 65.0 Å². The molecule has 13 atom stereocenters. The molecule has 1 aliphatic rings. The van der Waals surface area contributed by atoms with Gasteiger partial charge in [0.15, 0.2) is 0 Å². The summed E-state index contributed by atoms with van der Waals surface area (Å²) < 4.78 is 6.34. The molecular weight excluding hydrogens is 1370 g/mol. The fourth-order valence-corrected chi connectivity index (χ4v) is 13.9. The minimum atomic E-state index is -1.61. The van der Waals surface area contributed by atoms with E-state index >= 15 is 9.59 Å². The third-order valence-corrected chi connectivity index (χ3v) is 20.6. The number of hydrogen-bond donors (Lipinski definition) is 6. The first-order chi connectivity index (χ1) is 49.6. The third kappa shape index (κ3) is 26.2. The minimum absolute atomic E-state index is 0.0229. The number of rotatable bonds is 21. The molecule has 1 aromatic heterocycles. The van der Waals surface area contributed by atoms with Crippen LogP contribution in [0.5, 0.6) is 5.75 Å². The number of nitrogens with zero attached hydrogens (tertiary/aromatic N) is 7. The van der Waals surface area contributed by atoms with Crippen LogP contribution >= 0.6 is 11.3 Å². The molecule has 11 amide bonds. The van der Waals surface area contributed by atoms with E-state index in [2.05, 4.69) is 86.6 Å². The van der Waals surface area contributed by atoms with Crippen molar-refractivity contribution in [3.8, 4) is 5.75 Å². The Morgan fingerprint density at radius 3 is 1.56 bits per heavy atom. The topological polar surface area (TPSA) is 300 Å². The molecule has 0 bridgehead atoms. The van der Waals surface area contributed by atoms with E-state index in [4.69, 9.17) is 4.74 Å². The second-order valence-corrected chi connectivity index (χ2v) is 32.1. The van der Waals surface area contributed by atoms with Crippen molar-refractivity contribution in [3.05, 3.63) is 77.0 Å².